The first-order valence-corrected chi connectivity index (χ1v) is 9.30. The molecule has 0 saturated heterocycles. The zero-order valence-corrected chi connectivity index (χ0v) is 15.9. The van der Waals surface area contributed by atoms with E-state index < -0.39 is 0 Å². The molecule has 1 fully saturated rings. The monoisotopic (exact) mass is 401 g/mol. The normalized spacial score (nSPS) is 24.6. The largest absolute Gasteiger partial charge is 0.310 e. The molecule has 0 amide bonds. The van der Waals surface area contributed by atoms with Crippen LogP contribution in [-0.4, -0.2) is 6.54 Å². The van der Waals surface area contributed by atoms with Crippen LogP contribution in [0.15, 0.2) is 21.1 Å². The van der Waals surface area contributed by atoms with E-state index in [9.17, 15) is 0 Å². The molecule has 1 nitrogen and oxygen atoms in total. The molecule has 0 aliphatic heterocycles. The highest BCUT2D eigenvalue weighted by Gasteiger charge is 2.28. The molecule has 1 aliphatic rings. The van der Waals surface area contributed by atoms with E-state index in [1.807, 2.05) is 0 Å². The predicted molar refractivity (Wildman–Crippen MR) is 94.1 cm³/mol. The maximum absolute atomic E-state index is 3.77. The smallest absolute Gasteiger partial charge is 0.0360 e. The number of benzene rings is 1. The third kappa shape index (κ3) is 3.86. The minimum atomic E-state index is 0.471. The van der Waals surface area contributed by atoms with E-state index in [1.165, 1.54) is 45.8 Å². The second-order valence-electron chi connectivity index (χ2n) is 6.18. The molecule has 1 N–H and O–H groups in total. The second-order valence-corrected chi connectivity index (χ2v) is 7.89. The molecule has 0 spiro atoms. The molecule has 1 aromatic carbocycles. The van der Waals surface area contributed by atoms with Crippen molar-refractivity contribution in [1.29, 1.82) is 0 Å². The van der Waals surface area contributed by atoms with Crippen LogP contribution in [0.2, 0.25) is 0 Å². The van der Waals surface area contributed by atoms with Gasteiger partial charge in [-0.3, -0.25) is 0 Å². The Bertz CT molecular complexity index is 451. The Balaban J connectivity index is 2.26. The topological polar surface area (TPSA) is 12.0 Å². The molecule has 0 radical (unpaired) electrons. The third-order valence-corrected chi connectivity index (χ3v) is 6.11. The van der Waals surface area contributed by atoms with Crippen LogP contribution in [0.1, 0.15) is 56.7 Å². The summed E-state index contributed by atoms with van der Waals surface area (Å²) < 4.78 is 2.45. The van der Waals surface area contributed by atoms with E-state index in [1.54, 1.807) is 0 Å². The summed E-state index contributed by atoms with van der Waals surface area (Å²) in [5, 5.41) is 3.72. The number of aryl methyl sites for hydroxylation is 1. The molecule has 1 unspecified atom stereocenters. The van der Waals surface area contributed by atoms with Gasteiger partial charge >= 0.3 is 0 Å². The Kier molecular flexibility index (Phi) is 6.12. The van der Waals surface area contributed by atoms with Crippen molar-refractivity contribution >= 4 is 31.9 Å². The SMILES string of the molecule is CCNC(c1cc(Br)c(C)cc1Br)C1CCC(C)CC1. The maximum Gasteiger partial charge on any atom is 0.0360 e. The summed E-state index contributed by atoms with van der Waals surface area (Å²) in [4.78, 5) is 0. The predicted octanol–water partition coefficient (Wildman–Crippen LogP) is 6.00. The first-order valence-electron chi connectivity index (χ1n) is 7.71. The highest BCUT2D eigenvalue weighted by molar-refractivity contribution is 9.11. The lowest BCUT2D eigenvalue weighted by Crippen LogP contribution is -2.31. The van der Waals surface area contributed by atoms with Gasteiger partial charge in [-0.15, -0.1) is 0 Å². The van der Waals surface area contributed by atoms with Gasteiger partial charge in [0.25, 0.3) is 0 Å². The fraction of sp³-hybridized carbons (Fsp3) is 0.647. The van der Waals surface area contributed by atoms with Crippen molar-refractivity contribution < 1.29 is 0 Å². The van der Waals surface area contributed by atoms with Crippen LogP contribution < -0.4 is 5.32 Å². The standard InChI is InChI=1S/C17H25Br2N/c1-4-20-17(13-7-5-11(2)6-8-13)14-10-15(18)12(3)9-16(14)19/h9-11,13,17,20H,4-8H2,1-3H3. The van der Waals surface area contributed by atoms with Gasteiger partial charge in [-0.2, -0.15) is 0 Å². The molecular formula is C17H25Br2N. The van der Waals surface area contributed by atoms with Crippen molar-refractivity contribution in [3.05, 3.63) is 32.2 Å². The Morgan fingerprint density at radius 1 is 1.15 bits per heavy atom. The van der Waals surface area contributed by atoms with Crippen molar-refractivity contribution in [3.8, 4) is 0 Å². The van der Waals surface area contributed by atoms with E-state index in [2.05, 4.69) is 70.1 Å². The molecule has 1 atom stereocenters. The fourth-order valence-electron chi connectivity index (χ4n) is 3.27. The average Bonchev–Trinajstić information content (AvgIpc) is 2.42. The van der Waals surface area contributed by atoms with E-state index in [0.717, 1.165) is 18.4 Å². The average molecular weight is 403 g/mol. The molecule has 3 heteroatoms. The fourth-order valence-corrected chi connectivity index (χ4v) is 4.34. The molecule has 1 aliphatic carbocycles. The summed E-state index contributed by atoms with van der Waals surface area (Å²) in [5.74, 6) is 1.67. The third-order valence-electron chi connectivity index (χ3n) is 4.57. The van der Waals surface area contributed by atoms with Crippen molar-refractivity contribution in [2.24, 2.45) is 11.8 Å². The van der Waals surface area contributed by atoms with Crippen LogP contribution in [-0.2, 0) is 0 Å². The number of rotatable bonds is 4. The molecule has 2 rings (SSSR count). The summed E-state index contributed by atoms with van der Waals surface area (Å²) in [6.07, 6.45) is 5.43. The van der Waals surface area contributed by atoms with Crippen LogP contribution in [0.3, 0.4) is 0 Å². The van der Waals surface area contributed by atoms with Gasteiger partial charge in [0.15, 0.2) is 0 Å². The van der Waals surface area contributed by atoms with E-state index >= 15 is 0 Å². The van der Waals surface area contributed by atoms with Gasteiger partial charge in [-0.05, 0) is 61.4 Å². The number of hydrogen-bond acceptors (Lipinski definition) is 1. The number of hydrogen-bond donors (Lipinski definition) is 1. The van der Waals surface area contributed by atoms with Gasteiger partial charge in [0, 0.05) is 15.0 Å². The number of nitrogens with one attached hydrogen (secondary N) is 1. The van der Waals surface area contributed by atoms with Gasteiger partial charge < -0.3 is 5.32 Å². The first-order chi connectivity index (χ1) is 9.52. The molecule has 1 saturated carbocycles. The van der Waals surface area contributed by atoms with Crippen LogP contribution in [0.5, 0.6) is 0 Å². The zero-order valence-electron chi connectivity index (χ0n) is 12.7. The van der Waals surface area contributed by atoms with Crippen molar-refractivity contribution in [2.45, 2.75) is 52.5 Å². The Labute approximate surface area is 140 Å². The van der Waals surface area contributed by atoms with Crippen molar-refractivity contribution in [1.82, 2.24) is 5.32 Å². The van der Waals surface area contributed by atoms with Gasteiger partial charge in [0.05, 0.1) is 0 Å². The Hall–Kier alpha value is 0.140. The summed E-state index contributed by atoms with van der Waals surface area (Å²) in [6.45, 7) is 7.75. The minimum Gasteiger partial charge on any atom is -0.310 e. The quantitative estimate of drug-likeness (QED) is 0.651. The maximum atomic E-state index is 3.77. The van der Waals surface area contributed by atoms with Gasteiger partial charge in [-0.25, -0.2) is 0 Å². The highest BCUT2D eigenvalue weighted by Crippen LogP contribution is 2.40. The highest BCUT2D eigenvalue weighted by atomic mass is 79.9. The van der Waals surface area contributed by atoms with Crippen molar-refractivity contribution in [3.63, 3.8) is 0 Å². The van der Waals surface area contributed by atoms with Crippen molar-refractivity contribution in [2.75, 3.05) is 6.54 Å². The first kappa shape index (κ1) is 16.5. The van der Waals surface area contributed by atoms with Crippen LogP contribution in [0, 0.1) is 18.8 Å². The minimum absolute atomic E-state index is 0.471. The molecule has 1 aromatic rings. The van der Waals surface area contributed by atoms with Crippen LogP contribution >= 0.6 is 31.9 Å². The van der Waals surface area contributed by atoms with Gasteiger partial charge in [0.2, 0.25) is 0 Å². The summed E-state index contributed by atoms with van der Waals surface area (Å²) in [5.41, 5.74) is 2.69. The second kappa shape index (κ2) is 7.42. The number of halogens is 2. The van der Waals surface area contributed by atoms with E-state index in [4.69, 9.17) is 0 Å². The summed E-state index contributed by atoms with van der Waals surface area (Å²) in [7, 11) is 0. The molecule has 0 aromatic heterocycles. The summed E-state index contributed by atoms with van der Waals surface area (Å²) in [6, 6.07) is 5.00. The van der Waals surface area contributed by atoms with E-state index in [0.29, 0.717) is 6.04 Å². The molecule has 20 heavy (non-hydrogen) atoms. The molecule has 0 bridgehead atoms. The lowest BCUT2D eigenvalue weighted by molar-refractivity contribution is 0.232. The van der Waals surface area contributed by atoms with Gasteiger partial charge in [-0.1, -0.05) is 58.5 Å². The lowest BCUT2D eigenvalue weighted by Gasteiger charge is -2.34. The van der Waals surface area contributed by atoms with Crippen LogP contribution in [0.25, 0.3) is 0 Å². The van der Waals surface area contributed by atoms with Gasteiger partial charge in [0.1, 0.15) is 0 Å². The Morgan fingerprint density at radius 2 is 1.80 bits per heavy atom. The molecular weight excluding hydrogens is 378 g/mol. The molecule has 112 valence electrons. The Morgan fingerprint density at radius 3 is 2.40 bits per heavy atom. The molecule has 0 heterocycles. The van der Waals surface area contributed by atoms with E-state index in [-0.39, 0.29) is 0 Å². The summed E-state index contributed by atoms with van der Waals surface area (Å²) >= 11 is 7.45. The lowest BCUT2D eigenvalue weighted by atomic mass is 9.77. The zero-order chi connectivity index (χ0) is 14.7. The van der Waals surface area contributed by atoms with Crippen LogP contribution in [0.4, 0.5) is 0 Å².